The average molecular weight is 242 g/mol. The van der Waals surface area contributed by atoms with E-state index in [-0.39, 0.29) is 11.4 Å². The first kappa shape index (κ1) is 12.5. The Morgan fingerprint density at radius 3 is 2.75 bits per heavy atom. The molecule has 0 aliphatic rings. The van der Waals surface area contributed by atoms with Crippen molar-refractivity contribution in [3.63, 3.8) is 0 Å². The SMILES string of the molecule is N[C@H](CSc1ccccc1[N+](=O)[O-])C(=O)O. The number of hydrogen-bond acceptors (Lipinski definition) is 5. The van der Waals surface area contributed by atoms with Gasteiger partial charge in [-0.05, 0) is 6.07 Å². The Bertz CT molecular complexity index is 410. The molecule has 0 radical (unpaired) electrons. The van der Waals surface area contributed by atoms with Gasteiger partial charge in [-0.1, -0.05) is 12.1 Å². The van der Waals surface area contributed by atoms with Gasteiger partial charge in [0.05, 0.1) is 9.82 Å². The van der Waals surface area contributed by atoms with Crippen LogP contribution in [0.15, 0.2) is 29.2 Å². The lowest BCUT2D eigenvalue weighted by Crippen LogP contribution is -2.32. The van der Waals surface area contributed by atoms with Crippen LogP contribution in [-0.2, 0) is 4.79 Å². The van der Waals surface area contributed by atoms with Crippen molar-refractivity contribution < 1.29 is 14.8 Å². The second-order valence-electron chi connectivity index (χ2n) is 2.98. The summed E-state index contributed by atoms with van der Waals surface area (Å²) in [5.74, 6) is -1.02. The van der Waals surface area contributed by atoms with E-state index >= 15 is 0 Å². The molecule has 6 nitrogen and oxygen atoms in total. The molecule has 1 rings (SSSR count). The molecule has 0 aliphatic heterocycles. The Labute approximate surface area is 95.6 Å². The highest BCUT2D eigenvalue weighted by Crippen LogP contribution is 2.28. The summed E-state index contributed by atoms with van der Waals surface area (Å²) in [6, 6.07) is 5.12. The number of nitrogens with two attached hydrogens (primary N) is 1. The molecule has 3 N–H and O–H groups in total. The number of thioether (sulfide) groups is 1. The summed E-state index contributed by atoms with van der Waals surface area (Å²) in [4.78, 5) is 21.0. The van der Waals surface area contributed by atoms with Gasteiger partial charge in [-0.2, -0.15) is 0 Å². The zero-order chi connectivity index (χ0) is 12.1. The van der Waals surface area contributed by atoms with Gasteiger partial charge in [0.25, 0.3) is 5.69 Å². The molecule has 0 heterocycles. The number of aliphatic carboxylic acids is 1. The molecule has 0 spiro atoms. The average Bonchev–Trinajstić information content (AvgIpc) is 2.25. The number of carbonyl (C=O) groups is 1. The number of para-hydroxylation sites is 1. The molecule has 0 fully saturated rings. The van der Waals surface area contributed by atoms with Crippen LogP contribution in [0.2, 0.25) is 0 Å². The van der Waals surface area contributed by atoms with Gasteiger partial charge in [0.15, 0.2) is 0 Å². The third kappa shape index (κ3) is 3.21. The van der Waals surface area contributed by atoms with E-state index in [1.807, 2.05) is 0 Å². The van der Waals surface area contributed by atoms with Crippen molar-refractivity contribution in [2.45, 2.75) is 10.9 Å². The molecule has 0 amide bonds. The van der Waals surface area contributed by atoms with E-state index < -0.39 is 16.9 Å². The standard InChI is InChI=1S/C9H10N2O4S/c10-6(9(12)13)5-16-8-4-2-1-3-7(8)11(14)15/h1-4,6H,5,10H2,(H,12,13)/t6-/m1/s1. The van der Waals surface area contributed by atoms with Crippen molar-refractivity contribution in [3.8, 4) is 0 Å². The van der Waals surface area contributed by atoms with Gasteiger partial charge in [0.2, 0.25) is 0 Å². The summed E-state index contributed by atoms with van der Waals surface area (Å²) in [5.41, 5.74) is 5.26. The fourth-order valence-corrected chi connectivity index (χ4v) is 1.95. The third-order valence-corrected chi connectivity index (χ3v) is 2.98. The van der Waals surface area contributed by atoms with E-state index in [9.17, 15) is 14.9 Å². The largest absolute Gasteiger partial charge is 0.480 e. The van der Waals surface area contributed by atoms with Crippen molar-refractivity contribution in [1.29, 1.82) is 0 Å². The van der Waals surface area contributed by atoms with Crippen LogP contribution in [-0.4, -0.2) is 27.8 Å². The van der Waals surface area contributed by atoms with E-state index in [0.717, 1.165) is 11.8 Å². The Hall–Kier alpha value is -1.60. The Morgan fingerprint density at radius 2 is 2.19 bits per heavy atom. The lowest BCUT2D eigenvalue weighted by Gasteiger charge is -2.05. The van der Waals surface area contributed by atoms with Gasteiger partial charge in [-0.25, -0.2) is 0 Å². The third-order valence-electron chi connectivity index (χ3n) is 1.80. The summed E-state index contributed by atoms with van der Waals surface area (Å²) in [5, 5.41) is 19.2. The van der Waals surface area contributed by atoms with Crippen molar-refractivity contribution in [1.82, 2.24) is 0 Å². The van der Waals surface area contributed by atoms with Crippen molar-refractivity contribution in [3.05, 3.63) is 34.4 Å². The minimum atomic E-state index is -1.12. The number of carboxylic acids is 1. The lowest BCUT2D eigenvalue weighted by atomic mass is 10.3. The van der Waals surface area contributed by atoms with Crippen LogP contribution < -0.4 is 5.73 Å². The maximum Gasteiger partial charge on any atom is 0.321 e. The summed E-state index contributed by atoms with van der Waals surface area (Å²) in [6.07, 6.45) is 0. The Balaban J connectivity index is 2.74. The fraction of sp³-hybridized carbons (Fsp3) is 0.222. The molecular formula is C9H10N2O4S. The number of nitrogens with zero attached hydrogens (tertiary/aromatic N) is 1. The van der Waals surface area contributed by atoms with Crippen molar-refractivity contribution in [2.24, 2.45) is 5.73 Å². The summed E-state index contributed by atoms with van der Waals surface area (Å²) in [6.45, 7) is 0. The molecule has 0 bridgehead atoms. The van der Waals surface area contributed by atoms with Crippen LogP contribution in [0, 0.1) is 10.1 Å². The maximum atomic E-state index is 10.6. The molecule has 16 heavy (non-hydrogen) atoms. The predicted molar refractivity (Wildman–Crippen MR) is 59.4 cm³/mol. The molecule has 0 saturated heterocycles. The maximum absolute atomic E-state index is 10.6. The highest BCUT2D eigenvalue weighted by molar-refractivity contribution is 7.99. The number of hydrogen-bond donors (Lipinski definition) is 2. The molecule has 86 valence electrons. The van der Waals surface area contributed by atoms with Gasteiger partial charge in [-0.3, -0.25) is 14.9 Å². The monoisotopic (exact) mass is 242 g/mol. The van der Waals surface area contributed by atoms with Gasteiger partial charge >= 0.3 is 5.97 Å². The first-order valence-corrected chi connectivity index (χ1v) is 5.35. The van der Waals surface area contributed by atoms with Crippen molar-refractivity contribution in [2.75, 3.05) is 5.75 Å². The molecule has 1 aromatic carbocycles. The van der Waals surface area contributed by atoms with Crippen LogP contribution >= 0.6 is 11.8 Å². The normalized spacial score (nSPS) is 12.1. The summed E-state index contributed by atoms with van der Waals surface area (Å²) in [7, 11) is 0. The van der Waals surface area contributed by atoms with E-state index in [1.165, 1.54) is 6.07 Å². The van der Waals surface area contributed by atoms with Crippen LogP contribution in [0.5, 0.6) is 0 Å². The molecule has 0 aliphatic carbocycles. The number of benzene rings is 1. The smallest absolute Gasteiger partial charge is 0.321 e. The molecule has 0 saturated carbocycles. The highest BCUT2D eigenvalue weighted by Gasteiger charge is 2.16. The van der Waals surface area contributed by atoms with Crippen LogP contribution in [0.1, 0.15) is 0 Å². The zero-order valence-corrected chi connectivity index (χ0v) is 9.02. The highest BCUT2D eigenvalue weighted by atomic mass is 32.2. The van der Waals surface area contributed by atoms with Crippen LogP contribution in [0.25, 0.3) is 0 Å². The van der Waals surface area contributed by atoms with Crippen LogP contribution in [0.4, 0.5) is 5.69 Å². The molecule has 1 atom stereocenters. The predicted octanol–water partition coefficient (Wildman–Crippen LogP) is 1.10. The second-order valence-corrected chi connectivity index (χ2v) is 4.04. The summed E-state index contributed by atoms with van der Waals surface area (Å²) >= 11 is 1.06. The molecule has 0 aromatic heterocycles. The molecular weight excluding hydrogens is 232 g/mol. The number of nitro groups is 1. The van der Waals surface area contributed by atoms with Gasteiger partial charge in [0.1, 0.15) is 6.04 Å². The quantitative estimate of drug-likeness (QED) is 0.455. The van der Waals surface area contributed by atoms with Gasteiger partial charge in [-0.15, -0.1) is 11.8 Å². The minimum Gasteiger partial charge on any atom is -0.480 e. The number of nitro benzene ring substituents is 1. The Morgan fingerprint density at radius 1 is 1.56 bits per heavy atom. The second kappa shape index (κ2) is 5.47. The molecule has 7 heteroatoms. The Kier molecular flexibility index (Phi) is 4.27. The van der Waals surface area contributed by atoms with E-state index in [4.69, 9.17) is 10.8 Å². The molecule has 1 aromatic rings. The molecule has 0 unspecified atom stereocenters. The van der Waals surface area contributed by atoms with Crippen molar-refractivity contribution >= 4 is 23.4 Å². The van der Waals surface area contributed by atoms with E-state index in [2.05, 4.69) is 0 Å². The van der Waals surface area contributed by atoms with E-state index in [1.54, 1.807) is 18.2 Å². The van der Waals surface area contributed by atoms with Gasteiger partial charge in [0, 0.05) is 11.8 Å². The summed E-state index contributed by atoms with van der Waals surface area (Å²) < 4.78 is 0. The first-order chi connectivity index (χ1) is 7.52. The fourth-order valence-electron chi connectivity index (χ4n) is 0.981. The number of rotatable bonds is 5. The lowest BCUT2D eigenvalue weighted by molar-refractivity contribution is -0.387. The van der Waals surface area contributed by atoms with E-state index in [0.29, 0.717) is 4.90 Å². The topological polar surface area (TPSA) is 106 Å². The van der Waals surface area contributed by atoms with Gasteiger partial charge < -0.3 is 10.8 Å². The van der Waals surface area contributed by atoms with Crippen LogP contribution in [0.3, 0.4) is 0 Å². The zero-order valence-electron chi connectivity index (χ0n) is 8.20. The minimum absolute atomic E-state index is 0.0370. The first-order valence-electron chi connectivity index (χ1n) is 4.37. The number of carboxylic acid groups (broad SMARTS) is 1.